The minimum Gasteiger partial charge on any atom is -0.497 e. The van der Waals surface area contributed by atoms with Crippen molar-refractivity contribution in [3.05, 3.63) is 28.2 Å². The van der Waals surface area contributed by atoms with Crippen LogP contribution in [-0.2, 0) is 4.79 Å². The quantitative estimate of drug-likeness (QED) is 0.847. The van der Waals surface area contributed by atoms with Gasteiger partial charge in [-0.1, -0.05) is 22.9 Å². The van der Waals surface area contributed by atoms with E-state index >= 15 is 0 Å². The summed E-state index contributed by atoms with van der Waals surface area (Å²) in [5.41, 5.74) is 6.26. The second-order valence-electron chi connectivity index (χ2n) is 4.20. The van der Waals surface area contributed by atoms with Crippen molar-refractivity contribution in [3.8, 4) is 5.75 Å². The smallest absolute Gasteiger partial charge is 0.239 e. The first-order valence-corrected chi connectivity index (χ1v) is 6.67. The Kier molecular flexibility index (Phi) is 5.62. The minimum atomic E-state index is -0.524. The average molecular weight is 315 g/mol. The first-order chi connectivity index (χ1) is 8.49. The van der Waals surface area contributed by atoms with E-state index in [-0.39, 0.29) is 6.04 Å². The zero-order chi connectivity index (χ0) is 13.7. The molecule has 2 atom stereocenters. The van der Waals surface area contributed by atoms with Gasteiger partial charge in [0, 0.05) is 10.5 Å². The standard InChI is InChI=1S/C13H19BrN2O2/c1-4-8(2)16-12(13(15)17)10-7-9(18-3)5-6-11(10)14/h5-8,12,16H,4H2,1-3H3,(H2,15,17). The number of carbonyl (C=O) groups excluding carboxylic acids is 1. The van der Waals surface area contributed by atoms with E-state index in [1.165, 1.54) is 0 Å². The normalized spacial score (nSPS) is 14.0. The molecule has 0 heterocycles. The lowest BCUT2D eigenvalue weighted by molar-refractivity contribution is -0.120. The Morgan fingerprint density at radius 2 is 2.22 bits per heavy atom. The van der Waals surface area contributed by atoms with Gasteiger partial charge in [-0.25, -0.2) is 0 Å². The molecule has 1 aromatic rings. The van der Waals surface area contributed by atoms with Crippen molar-refractivity contribution in [2.45, 2.75) is 32.4 Å². The van der Waals surface area contributed by atoms with Crippen molar-refractivity contribution in [1.29, 1.82) is 0 Å². The minimum absolute atomic E-state index is 0.209. The molecule has 3 N–H and O–H groups in total. The van der Waals surface area contributed by atoms with Gasteiger partial charge in [-0.15, -0.1) is 0 Å². The molecule has 1 amide bonds. The number of ether oxygens (including phenoxy) is 1. The molecule has 0 spiro atoms. The maximum Gasteiger partial charge on any atom is 0.239 e. The maximum absolute atomic E-state index is 11.6. The highest BCUT2D eigenvalue weighted by molar-refractivity contribution is 9.10. The molecule has 5 heteroatoms. The Balaban J connectivity index is 3.08. The molecule has 0 saturated heterocycles. The molecule has 2 unspecified atom stereocenters. The summed E-state index contributed by atoms with van der Waals surface area (Å²) in [4.78, 5) is 11.6. The SMILES string of the molecule is CCC(C)NC(C(N)=O)c1cc(OC)ccc1Br. The fourth-order valence-electron chi connectivity index (χ4n) is 1.60. The Labute approximate surface area is 116 Å². The predicted molar refractivity (Wildman–Crippen MR) is 75.5 cm³/mol. The van der Waals surface area contributed by atoms with Crippen LogP contribution < -0.4 is 15.8 Å². The molecule has 0 fully saturated rings. The number of benzene rings is 1. The molecule has 4 nitrogen and oxygen atoms in total. The van der Waals surface area contributed by atoms with Gasteiger partial charge in [0.2, 0.25) is 5.91 Å². The van der Waals surface area contributed by atoms with E-state index in [0.29, 0.717) is 5.75 Å². The van der Waals surface area contributed by atoms with Crippen molar-refractivity contribution in [2.75, 3.05) is 7.11 Å². The highest BCUT2D eigenvalue weighted by Gasteiger charge is 2.22. The van der Waals surface area contributed by atoms with E-state index in [2.05, 4.69) is 28.2 Å². The molecular weight excluding hydrogens is 296 g/mol. The Morgan fingerprint density at radius 3 is 2.72 bits per heavy atom. The van der Waals surface area contributed by atoms with Crippen LogP contribution in [0.15, 0.2) is 22.7 Å². The van der Waals surface area contributed by atoms with Crippen LogP contribution in [0, 0.1) is 0 Å². The number of hydrogen-bond donors (Lipinski definition) is 2. The van der Waals surface area contributed by atoms with Crippen LogP contribution in [0.1, 0.15) is 31.9 Å². The van der Waals surface area contributed by atoms with Gasteiger partial charge in [-0.05, 0) is 37.1 Å². The van der Waals surface area contributed by atoms with Gasteiger partial charge in [0.1, 0.15) is 11.8 Å². The summed E-state index contributed by atoms with van der Waals surface area (Å²) >= 11 is 3.44. The van der Waals surface area contributed by atoms with Gasteiger partial charge < -0.3 is 10.5 Å². The average Bonchev–Trinajstić information content (AvgIpc) is 2.36. The van der Waals surface area contributed by atoms with Crippen molar-refractivity contribution in [1.82, 2.24) is 5.32 Å². The van der Waals surface area contributed by atoms with E-state index in [0.717, 1.165) is 16.5 Å². The third kappa shape index (κ3) is 3.71. The van der Waals surface area contributed by atoms with Crippen LogP contribution in [0.4, 0.5) is 0 Å². The van der Waals surface area contributed by atoms with Crippen molar-refractivity contribution in [2.24, 2.45) is 5.73 Å². The number of nitrogens with one attached hydrogen (secondary N) is 1. The second kappa shape index (κ2) is 6.75. The van der Waals surface area contributed by atoms with E-state index in [1.807, 2.05) is 25.1 Å². The second-order valence-corrected chi connectivity index (χ2v) is 5.05. The molecule has 0 bridgehead atoms. The predicted octanol–water partition coefficient (Wildman–Crippen LogP) is 2.37. The van der Waals surface area contributed by atoms with E-state index in [1.54, 1.807) is 7.11 Å². The number of nitrogens with two attached hydrogens (primary N) is 1. The van der Waals surface area contributed by atoms with Gasteiger partial charge in [0.25, 0.3) is 0 Å². The largest absolute Gasteiger partial charge is 0.497 e. The van der Waals surface area contributed by atoms with Gasteiger partial charge in [-0.3, -0.25) is 10.1 Å². The first kappa shape index (κ1) is 15.0. The third-order valence-corrected chi connectivity index (χ3v) is 3.58. The number of amides is 1. The number of rotatable bonds is 6. The molecule has 0 radical (unpaired) electrons. The van der Waals surface area contributed by atoms with Crippen molar-refractivity contribution >= 4 is 21.8 Å². The summed E-state index contributed by atoms with van der Waals surface area (Å²) in [7, 11) is 1.59. The molecule has 100 valence electrons. The number of primary amides is 1. The highest BCUT2D eigenvalue weighted by atomic mass is 79.9. The fourth-order valence-corrected chi connectivity index (χ4v) is 2.07. The summed E-state index contributed by atoms with van der Waals surface area (Å²) in [5, 5.41) is 3.21. The van der Waals surface area contributed by atoms with Crippen LogP contribution in [0.5, 0.6) is 5.75 Å². The zero-order valence-corrected chi connectivity index (χ0v) is 12.5. The maximum atomic E-state index is 11.6. The van der Waals surface area contributed by atoms with Crippen LogP contribution in [0.3, 0.4) is 0 Å². The summed E-state index contributed by atoms with van der Waals surface area (Å²) in [6.45, 7) is 4.07. The molecular formula is C13H19BrN2O2. The Bertz CT molecular complexity index is 423. The number of hydrogen-bond acceptors (Lipinski definition) is 3. The lowest BCUT2D eigenvalue weighted by atomic mass is 10.0. The molecule has 1 rings (SSSR count). The summed E-state index contributed by atoms with van der Waals surface area (Å²) < 4.78 is 6.01. The molecule has 18 heavy (non-hydrogen) atoms. The monoisotopic (exact) mass is 314 g/mol. The first-order valence-electron chi connectivity index (χ1n) is 5.88. The van der Waals surface area contributed by atoms with Gasteiger partial charge in [-0.2, -0.15) is 0 Å². The zero-order valence-electron chi connectivity index (χ0n) is 10.9. The van der Waals surface area contributed by atoms with Gasteiger partial charge in [0.05, 0.1) is 7.11 Å². The van der Waals surface area contributed by atoms with Gasteiger partial charge in [0.15, 0.2) is 0 Å². The lowest BCUT2D eigenvalue weighted by Crippen LogP contribution is -2.38. The summed E-state index contributed by atoms with van der Waals surface area (Å²) in [6, 6.07) is 5.18. The number of halogens is 1. The summed E-state index contributed by atoms with van der Waals surface area (Å²) in [5.74, 6) is 0.301. The van der Waals surface area contributed by atoms with Crippen LogP contribution in [0.2, 0.25) is 0 Å². The van der Waals surface area contributed by atoms with Crippen molar-refractivity contribution in [3.63, 3.8) is 0 Å². The third-order valence-electron chi connectivity index (χ3n) is 2.86. The summed E-state index contributed by atoms with van der Waals surface area (Å²) in [6.07, 6.45) is 0.922. The van der Waals surface area contributed by atoms with Crippen LogP contribution in [0.25, 0.3) is 0 Å². The molecule has 0 aliphatic carbocycles. The van der Waals surface area contributed by atoms with E-state index in [9.17, 15) is 4.79 Å². The van der Waals surface area contributed by atoms with Crippen LogP contribution >= 0.6 is 15.9 Å². The topological polar surface area (TPSA) is 64.3 Å². The molecule has 0 aromatic heterocycles. The van der Waals surface area contributed by atoms with E-state index in [4.69, 9.17) is 10.5 Å². The molecule has 1 aromatic carbocycles. The molecule has 0 aliphatic heterocycles. The van der Waals surface area contributed by atoms with Crippen LogP contribution in [-0.4, -0.2) is 19.1 Å². The Morgan fingerprint density at radius 1 is 1.56 bits per heavy atom. The molecule has 0 saturated carbocycles. The van der Waals surface area contributed by atoms with Crippen molar-refractivity contribution < 1.29 is 9.53 Å². The Hall–Kier alpha value is -1.07. The number of carbonyl (C=O) groups is 1. The lowest BCUT2D eigenvalue weighted by Gasteiger charge is -2.21. The molecule has 0 aliphatic rings. The number of methoxy groups -OCH3 is 1. The highest BCUT2D eigenvalue weighted by Crippen LogP contribution is 2.28. The fraction of sp³-hybridized carbons (Fsp3) is 0.462. The van der Waals surface area contributed by atoms with Gasteiger partial charge >= 0.3 is 0 Å². The van der Waals surface area contributed by atoms with E-state index < -0.39 is 11.9 Å².